The molecule has 0 N–H and O–H groups in total. The summed E-state index contributed by atoms with van der Waals surface area (Å²) in [6, 6.07) is 4.51. The fraction of sp³-hybridized carbons (Fsp3) is 0.583. The quantitative estimate of drug-likeness (QED) is 0.739. The lowest BCUT2D eigenvalue weighted by Crippen LogP contribution is -2.42. The Kier molecular flexibility index (Phi) is 3.66. The summed E-state index contributed by atoms with van der Waals surface area (Å²) in [7, 11) is 4.32. The minimum atomic E-state index is 0.556. The topological polar surface area (TPSA) is 19.4 Å². The minimum absolute atomic E-state index is 0.556. The van der Waals surface area contributed by atoms with Crippen molar-refractivity contribution in [3.05, 3.63) is 23.5 Å². The summed E-state index contributed by atoms with van der Waals surface area (Å²) in [5.74, 6) is 0. The predicted molar refractivity (Wildman–Crippen MR) is 68.2 cm³/mol. The van der Waals surface area contributed by atoms with Gasteiger partial charge < -0.3 is 9.80 Å². The number of aromatic nitrogens is 1. The van der Waals surface area contributed by atoms with E-state index in [4.69, 9.17) is 11.6 Å². The average molecular weight is 240 g/mol. The highest BCUT2D eigenvalue weighted by Gasteiger charge is 2.20. The van der Waals surface area contributed by atoms with E-state index in [9.17, 15) is 0 Å². The van der Waals surface area contributed by atoms with Gasteiger partial charge in [0.2, 0.25) is 0 Å². The first-order chi connectivity index (χ1) is 7.66. The number of hydrogen-bond acceptors (Lipinski definition) is 3. The van der Waals surface area contributed by atoms with Gasteiger partial charge in [0.25, 0.3) is 0 Å². The van der Waals surface area contributed by atoms with Crippen LogP contribution in [0.4, 0.5) is 5.69 Å². The van der Waals surface area contributed by atoms with Gasteiger partial charge in [0, 0.05) is 13.1 Å². The zero-order valence-electron chi connectivity index (χ0n) is 9.86. The lowest BCUT2D eigenvalue weighted by atomic mass is 10.0. The number of hydrogen-bond donors (Lipinski definition) is 0. The third-order valence-corrected chi connectivity index (χ3v) is 3.58. The second kappa shape index (κ2) is 5.02. The molecule has 1 aromatic heterocycles. The van der Waals surface area contributed by atoms with Crippen molar-refractivity contribution in [2.75, 3.05) is 32.1 Å². The fourth-order valence-electron chi connectivity index (χ4n) is 2.17. The fourth-order valence-corrected chi connectivity index (χ4v) is 2.28. The Bertz CT molecular complexity index is 331. The van der Waals surface area contributed by atoms with Crippen LogP contribution in [0.15, 0.2) is 18.3 Å². The summed E-state index contributed by atoms with van der Waals surface area (Å²) in [5.41, 5.74) is 1.15. The van der Waals surface area contributed by atoms with Gasteiger partial charge in [0.05, 0.1) is 11.9 Å². The molecule has 0 amide bonds. The molecular weight excluding hydrogens is 222 g/mol. The smallest absolute Gasteiger partial charge is 0.129 e. The first-order valence-electron chi connectivity index (χ1n) is 5.70. The van der Waals surface area contributed by atoms with Crippen molar-refractivity contribution in [2.24, 2.45) is 0 Å². The maximum atomic E-state index is 5.78. The first kappa shape index (κ1) is 11.7. The zero-order valence-corrected chi connectivity index (χ0v) is 10.6. The van der Waals surface area contributed by atoms with Crippen molar-refractivity contribution in [3.63, 3.8) is 0 Å². The molecule has 16 heavy (non-hydrogen) atoms. The largest absolute Gasteiger partial charge is 0.370 e. The highest BCUT2D eigenvalue weighted by atomic mass is 35.5. The second-order valence-corrected chi connectivity index (χ2v) is 4.87. The highest BCUT2D eigenvalue weighted by molar-refractivity contribution is 6.29. The van der Waals surface area contributed by atoms with Gasteiger partial charge in [-0.2, -0.15) is 0 Å². The van der Waals surface area contributed by atoms with Crippen molar-refractivity contribution < 1.29 is 0 Å². The summed E-state index contributed by atoms with van der Waals surface area (Å²) >= 11 is 5.78. The summed E-state index contributed by atoms with van der Waals surface area (Å²) in [6.45, 7) is 2.35. The molecule has 2 heterocycles. The Morgan fingerprint density at radius 1 is 1.38 bits per heavy atom. The Hall–Kier alpha value is -0.800. The van der Waals surface area contributed by atoms with Gasteiger partial charge in [-0.25, -0.2) is 4.98 Å². The molecule has 0 spiro atoms. The first-order valence-corrected chi connectivity index (χ1v) is 6.07. The molecule has 0 bridgehead atoms. The third-order valence-electron chi connectivity index (χ3n) is 3.35. The van der Waals surface area contributed by atoms with Crippen LogP contribution in [0.1, 0.15) is 12.8 Å². The van der Waals surface area contributed by atoms with Crippen LogP contribution in [0.3, 0.4) is 0 Å². The molecule has 1 aromatic rings. The lowest BCUT2D eigenvalue weighted by Gasteiger charge is -2.36. The Labute approximate surface area is 102 Å². The van der Waals surface area contributed by atoms with Crippen molar-refractivity contribution in [1.29, 1.82) is 0 Å². The second-order valence-electron chi connectivity index (χ2n) is 4.48. The summed E-state index contributed by atoms with van der Waals surface area (Å²) in [5, 5.41) is 0.556. The van der Waals surface area contributed by atoms with Crippen LogP contribution in [0, 0.1) is 0 Å². The summed E-state index contributed by atoms with van der Waals surface area (Å²) < 4.78 is 0. The maximum Gasteiger partial charge on any atom is 0.129 e. The lowest BCUT2D eigenvalue weighted by molar-refractivity contribution is 0.253. The van der Waals surface area contributed by atoms with Gasteiger partial charge in [-0.1, -0.05) is 11.6 Å². The van der Waals surface area contributed by atoms with E-state index < -0.39 is 0 Å². The number of pyridine rings is 1. The molecule has 0 radical (unpaired) electrons. The number of rotatable bonds is 2. The maximum absolute atomic E-state index is 5.78. The van der Waals surface area contributed by atoms with E-state index in [-0.39, 0.29) is 0 Å². The van der Waals surface area contributed by atoms with E-state index >= 15 is 0 Å². The number of nitrogens with zero attached hydrogens (tertiary/aromatic N) is 3. The normalized spacial score (nSPS) is 18.7. The molecule has 4 heteroatoms. The van der Waals surface area contributed by atoms with Crippen LogP contribution in [0.2, 0.25) is 5.15 Å². The Balaban J connectivity index is 2.01. The summed E-state index contributed by atoms with van der Waals surface area (Å²) in [6.07, 6.45) is 4.28. The molecule has 2 rings (SSSR count). The van der Waals surface area contributed by atoms with Crippen LogP contribution in [0.25, 0.3) is 0 Å². The van der Waals surface area contributed by atoms with Gasteiger partial charge in [-0.05, 0) is 45.1 Å². The van der Waals surface area contributed by atoms with E-state index in [1.807, 2.05) is 18.3 Å². The van der Waals surface area contributed by atoms with Crippen molar-refractivity contribution >= 4 is 17.3 Å². The third kappa shape index (κ3) is 2.66. The van der Waals surface area contributed by atoms with Crippen molar-refractivity contribution in [2.45, 2.75) is 18.9 Å². The number of piperidine rings is 1. The Morgan fingerprint density at radius 3 is 2.62 bits per heavy atom. The number of halogens is 1. The SMILES string of the molecule is CN1CCC(N(C)c2ccc(Cl)nc2)CC1. The van der Waals surface area contributed by atoms with E-state index in [1.54, 1.807) is 0 Å². The predicted octanol–water partition coefficient (Wildman–Crippen LogP) is 2.27. The van der Waals surface area contributed by atoms with Crippen LogP contribution < -0.4 is 4.90 Å². The standard InChI is InChI=1S/C12H18ClN3/c1-15-7-5-10(6-8-15)16(2)11-3-4-12(13)14-9-11/h3-4,9-10H,5-8H2,1-2H3. The molecule has 0 saturated carbocycles. The van der Waals surface area contributed by atoms with Gasteiger partial charge in [0.1, 0.15) is 5.15 Å². The number of likely N-dealkylation sites (tertiary alicyclic amines) is 1. The van der Waals surface area contributed by atoms with Crippen LogP contribution >= 0.6 is 11.6 Å². The summed E-state index contributed by atoms with van der Waals surface area (Å²) in [4.78, 5) is 8.82. The van der Waals surface area contributed by atoms with Crippen LogP contribution in [-0.4, -0.2) is 43.1 Å². The van der Waals surface area contributed by atoms with E-state index in [0.717, 1.165) is 5.69 Å². The molecule has 1 aliphatic heterocycles. The highest BCUT2D eigenvalue weighted by Crippen LogP contribution is 2.21. The molecule has 1 aliphatic rings. The molecule has 3 nitrogen and oxygen atoms in total. The van der Waals surface area contributed by atoms with E-state index in [1.165, 1.54) is 25.9 Å². The Morgan fingerprint density at radius 2 is 2.06 bits per heavy atom. The van der Waals surface area contributed by atoms with Gasteiger partial charge in [-0.3, -0.25) is 0 Å². The molecule has 0 aromatic carbocycles. The van der Waals surface area contributed by atoms with Crippen molar-refractivity contribution in [3.8, 4) is 0 Å². The van der Waals surface area contributed by atoms with E-state index in [0.29, 0.717) is 11.2 Å². The minimum Gasteiger partial charge on any atom is -0.370 e. The van der Waals surface area contributed by atoms with E-state index in [2.05, 4.69) is 28.9 Å². The molecule has 0 unspecified atom stereocenters. The van der Waals surface area contributed by atoms with Gasteiger partial charge >= 0.3 is 0 Å². The average Bonchev–Trinajstić information content (AvgIpc) is 2.30. The molecular formula is C12H18ClN3. The van der Waals surface area contributed by atoms with Crippen LogP contribution in [-0.2, 0) is 0 Å². The number of anilines is 1. The van der Waals surface area contributed by atoms with Crippen LogP contribution in [0.5, 0.6) is 0 Å². The zero-order chi connectivity index (χ0) is 11.5. The van der Waals surface area contributed by atoms with Gasteiger partial charge in [-0.15, -0.1) is 0 Å². The monoisotopic (exact) mass is 239 g/mol. The van der Waals surface area contributed by atoms with Crippen molar-refractivity contribution in [1.82, 2.24) is 9.88 Å². The molecule has 88 valence electrons. The molecule has 0 aliphatic carbocycles. The van der Waals surface area contributed by atoms with Gasteiger partial charge in [0.15, 0.2) is 0 Å². The molecule has 1 saturated heterocycles. The molecule has 1 fully saturated rings. The molecule has 0 atom stereocenters.